The summed E-state index contributed by atoms with van der Waals surface area (Å²) in [5.74, 6) is -1.15. The molecule has 1 heterocycles. The Balaban J connectivity index is 1.39. The molecule has 0 bridgehead atoms. The van der Waals surface area contributed by atoms with Crippen LogP contribution in [0.5, 0.6) is 0 Å². The Morgan fingerprint density at radius 1 is 0.833 bits per heavy atom. The molecule has 0 amide bonds. The van der Waals surface area contributed by atoms with Crippen molar-refractivity contribution in [2.24, 2.45) is 10.2 Å². The minimum atomic E-state index is -0.618. The van der Waals surface area contributed by atoms with E-state index in [9.17, 15) is 19.7 Å². The Morgan fingerprint density at radius 2 is 1.55 bits per heavy atom. The van der Waals surface area contributed by atoms with E-state index >= 15 is 0 Å². The summed E-state index contributed by atoms with van der Waals surface area (Å²) in [6, 6.07) is 25.6. The number of ether oxygens (including phenoxy) is 2. The molecule has 0 aliphatic heterocycles. The van der Waals surface area contributed by atoms with Crippen molar-refractivity contribution in [1.82, 2.24) is 0 Å². The SMILES string of the molecule is CCOC(=O)/C(=N\Nc1cccc(CCOC(=O)/C(=N\Nc2ccc([N+](=O)[O-])cc2)c2cccs2)c1)c1ccccc1. The zero-order valence-corrected chi connectivity index (χ0v) is 23.4. The van der Waals surface area contributed by atoms with Gasteiger partial charge in [0.15, 0.2) is 11.4 Å². The van der Waals surface area contributed by atoms with Gasteiger partial charge in [-0.2, -0.15) is 10.2 Å². The summed E-state index contributed by atoms with van der Waals surface area (Å²) < 4.78 is 10.7. The number of anilines is 2. The van der Waals surface area contributed by atoms with E-state index in [4.69, 9.17) is 9.47 Å². The molecule has 0 atom stereocenters. The van der Waals surface area contributed by atoms with Gasteiger partial charge in [-0.1, -0.05) is 48.5 Å². The number of carbonyl (C=O) groups excluding carboxylic acids is 2. The fourth-order valence-electron chi connectivity index (χ4n) is 3.66. The number of carbonyl (C=O) groups is 2. The van der Waals surface area contributed by atoms with Gasteiger partial charge < -0.3 is 9.47 Å². The van der Waals surface area contributed by atoms with Gasteiger partial charge in [-0.3, -0.25) is 21.0 Å². The van der Waals surface area contributed by atoms with Gasteiger partial charge in [-0.25, -0.2) is 9.59 Å². The Hall–Kier alpha value is -5.36. The lowest BCUT2D eigenvalue weighted by atomic mass is 10.1. The Labute approximate surface area is 245 Å². The topological polar surface area (TPSA) is 145 Å². The number of hydrazone groups is 2. The highest BCUT2D eigenvalue weighted by atomic mass is 32.1. The van der Waals surface area contributed by atoms with Gasteiger partial charge in [0.1, 0.15) is 0 Å². The molecule has 0 saturated carbocycles. The molecule has 3 aromatic carbocycles. The van der Waals surface area contributed by atoms with E-state index in [1.54, 1.807) is 37.3 Å². The first-order chi connectivity index (χ1) is 20.4. The normalized spacial score (nSPS) is 11.5. The monoisotopic (exact) mass is 585 g/mol. The lowest BCUT2D eigenvalue weighted by Gasteiger charge is -2.09. The first-order valence-corrected chi connectivity index (χ1v) is 13.8. The van der Waals surface area contributed by atoms with Crippen LogP contribution in [0.4, 0.5) is 17.1 Å². The first kappa shape index (κ1) is 29.6. The summed E-state index contributed by atoms with van der Waals surface area (Å²) in [4.78, 5) is 36.4. The first-order valence-electron chi connectivity index (χ1n) is 12.9. The number of nitrogens with zero attached hydrogens (tertiary/aromatic N) is 3. The summed E-state index contributed by atoms with van der Waals surface area (Å²) in [5.41, 5.74) is 8.48. The van der Waals surface area contributed by atoms with Crippen molar-refractivity contribution < 1.29 is 24.0 Å². The summed E-state index contributed by atoms with van der Waals surface area (Å²) in [6.07, 6.45) is 0.419. The second-order valence-electron chi connectivity index (χ2n) is 8.60. The van der Waals surface area contributed by atoms with Crippen molar-refractivity contribution in [3.05, 3.63) is 122 Å². The maximum atomic E-state index is 12.9. The van der Waals surface area contributed by atoms with Crippen molar-refractivity contribution in [3.8, 4) is 0 Å². The molecule has 0 spiro atoms. The lowest BCUT2D eigenvalue weighted by molar-refractivity contribution is -0.384. The average molecular weight is 586 g/mol. The Morgan fingerprint density at radius 3 is 2.24 bits per heavy atom. The average Bonchev–Trinajstić information content (AvgIpc) is 3.53. The van der Waals surface area contributed by atoms with E-state index in [1.165, 1.54) is 35.6 Å². The second kappa shape index (κ2) is 14.9. The zero-order chi connectivity index (χ0) is 29.7. The molecule has 1 aromatic heterocycles. The molecule has 12 heteroatoms. The summed E-state index contributed by atoms with van der Waals surface area (Å²) in [7, 11) is 0. The number of hydrogen-bond acceptors (Lipinski definition) is 11. The summed E-state index contributed by atoms with van der Waals surface area (Å²) in [5, 5.41) is 21.2. The molecule has 0 aliphatic carbocycles. The molecule has 0 saturated heterocycles. The van der Waals surface area contributed by atoms with Crippen LogP contribution in [-0.2, 0) is 25.5 Å². The van der Waals surface area contributed by atoms with Gasteiger partial charge in [0.25, 0.3) is 5.69 Å². The van der Waals surface area contributed by atoms with Crippen molar-refractivity contribution >= 4 is 51.8 Å². The molecule has 0 unspecified atom stereocenters. The van der Waals surface area contributed by atoms with E-state index < -0.39 is 16.9 Å². The van der Waals surface area contributed by atoms with Crippen molar-refractivity contribution in [3.63, 3.8) is 0 Å². The zero-order valence-electron chi connectivity index (χ0n) is 22.6. The highest BCUT2D eigenvalue weighted by Gasteiger charge is 2.18. The molecule has 4 rings (SSSR count). The highest BCUT2D eigenvalue weighted by Crippen LogP contribution is 2.17. The Bertz CT molecular complexity index is 1570. The number of nitro benzene ring substituents is 1. The molecule has 0 radical (unpaired) electrons. The summed E-state index contributed by atoms with van der Waals surface area (Å²) >= 11 is 1.33. The largest absolute Gasteiger partial charge is 0.461 e. The van der Waals surface area contributed by atoms with Crippen LogP contribution >= 0.6 is 11.3 Å². The van der Waals surface area contributed by atoms with Crippen LogP contribution in [0.3, 0.4) is 0 Å². The van der Waals surface area contributed by atoms with Gasteiger partial charge in [0.2, 0.25) is 0 Å². The molecule has 0 fully saturated rings. The van der Waals surface area contributed by atoms with Crippen molar-refractivity contribution in [1.29, 1.82) is 0 Å². The van der Waals surface area contributed by atoms with E-state index in [-0.39, 0.29) is 30.3 Å². The highest BCUT2D eigenvalue weighted by molar-refractivity contribution is 7.13. The lowest BCUT2D eigenvalue weighted by Crippen LogP contribution is -2.20. The van der Waals surface area contributed by atoms with Gasteiger partial charge in [-0.05, 0) is 48.2 Å². The minimum absolute atomic E-state index is 0.0517. The van der Waals surface area contributed by atoms with E-state index in [2.05, 4.69) is 21.1 Å². The quantitative estimate of drug-likeness (QED) is 0.0888. The molecule has 4 aromatic rings. The van der Waals surface area contributed by atoms with Gasteiger partial charge >= 0.3 is 11.9 Å². The van der Waals surface area contributed by atoms with Gasteiger partial charge in [-0.15, -0.1) is 11.3 Å². The number of rotatable bonds is 13. The van der Waals surface area contributed by atoms with Crippen LogP contribution in [0.25, 0.3) is 0 Å². The molecule has 11 nitrogen and oxygen atoms in total. The molecule has 214 valence electrons. The van der Waals surface area contributed by atoms with Crippen LogP contribution in [0.1, 0.15) is 22.9 Å². The predicted molar refractivity (Wildman–Crippen MR) is 162 cm³/mol. The van der Waals surface area contributed by atoms with Crippen molar-refractivity contribution in [2.75, 3.05) is 24.1 Å². The van der Waals surface area contributed by atoms with Gasteiger partial charge in [0.05, 0.1) is 34.4 Å². The van der Waals surface area contributed by atoms with E-state index in [1.807, 2.05) is 41.8 Å². The molecule has 42 heavy (non-hydrogen) atoms. The number of thiophene rings is 1. The van der Waals surface area contributed by atoms with Gasteiger partial charge in [0, 0.05) is 24.1 Å². The fourth-order valence-corrected chi connectivity index (χ4v) is 4.36. The third-order valence-corrected chi connectivity index (χ3v) is 6.56. The minimum Gasteiger partial charge on any atom is -0.461 e. The van der Waals surface area contributed by atoms with Crippen LogP contribution in [0.15, 0.2) is 107 Å². The standard InChI is InChI=1S/C30H27N5O6S/c1-2-40-29(36)27(22-9-4-3-5-10-22)33-32-24-11-6-8-21(20-24)17-18-41-30(37)28(26-12-7-19-42-26)34-31-23-13-15-25(16-14-23)35(38)39/h3-16,19-20,31-32H,2,17-18H2,1H3/b33-27-,34-28-. The van der Waals surface area contributed by atoms with Crippen LogP contribution in [0, 0.1) is 10.1 Å². The molecule has 0 aliphatic rings. The number of benzene rings is 3. The molecular weight excluding hydrogens is 558 g/mol. The Kier molecular flexibility index (Phi) is 10.5. The number of non-ortho nitro benzene ring substituents is 1. The van der Waals surface area contributed by atoms with Crippen LogP contribution < -0.4 is 10.9 Å². The van der Waals surface area contributed by atoms with Crippen molar-refractivity contribution in [2.45, 2.75) is 13.3 Å². The number of hydrogen-bond donors (Lipinski definition) is 2. The van der Waals surface area contributed by atoms with Crippen LogP contribution in [0.2, 0.25) is 0 Å². The number of nitrogens with one attached hydrogen (secondary N) is 2. The third-order valence-electron chi connectivity index (χ3n) is 5.69. The smallest absolute Gasteiger partial charge is 0.360 e. The summed E-state index contributed by atoms with van der Waals surface area (Å²) in [6.45, 7) is 2.05. The maximum absolute atomic E-state index is 12.9. The predicted octanol–water partition coefficient (Wildman–Crippen LogP) is 5.64. The molecule has 2 N–H and O–H groups in total. The maximum Gasteiger partial charge on any atom is 0.360 e. The number of nitro groups is 1. The third kappa shape index (κ3) is 8.32. The second-order valence-corrected chi connectivity index (χ2v) is 9.55. The van der Waals surface area contributed by atoms with Crippen LogP contribution in [-0.4, -0.2) is 41.5 Å². The van der Waals surface area contributed by atoms with E-state index in [0.717, 1.165) is 5.56 Å². The van der Waals surface area contributed by atoms with E-state index in [0.29, 0.717) is 28.2 Å². The molecular formula is C30H27N5O6S. The number of esters is 2. The fraction of sp³-hybridized carbons (Fsp3) is 0.133.